The fraction of sp³-hybridized carbons (Fsp3) is 0.391. The Kier molecular flexibility index (Phi) is 5.19. The monoisotopic (exact) mass is 469 g/mol. The van der Waals surface area contributed by atoms with Crippen LogP contribution in [0, 0.1) is 18.7 Å². The molecule has 8 nitrogen and oxygen atoms in total. The number of aromatic nitrogens is 2. The summed E-state index contributed by atoms with van der Waals surface area (Å²) in [5, 5.41) is 8.98. The lowest BCUT2D eigenvalue weighted by Gasteiger charge is -2.33. The Balaban J connectivity index is 1.35. The summed E-state index contributed by atoms with van der Waals surface area (Å²) in [4.78, 5) is 39.6. The lowest BCUT2D eigenvalue weighted by Crippen LogP contribution is -2.51. The average Bonchev–Trinajstić information content (AvgIpc) is 3.42. The van der Waals surface area contributed by atoms with Crippen molar-refractivity contribution in [2.75, 3.05) is 0 Å². The van der Waals surface area contributed by atoms with Gasteiger partial charge in [-0.3, -0.25) is 19.7 Å². The van der Waals surface area contributed by atoms with E-state index >= 15 is 0 Å². The Morgan fingerprint density at radius 3 is 2.67 bits per heavy atom. The molecule has 33 heavy (non-hydrogen) atoms. The van der Waals surface area contributed by atoms with Crippen LogP contribution in [0.1, 0.15) is 53.5 Å². The number of benzene rings is 1. The Bertz CT molecular complexity index is 1260. The molecule has 3 aromatic rings. The number of hydrogen-bond acceptors (Lipinski definition) is 5. The first-order valence-electron chi connectivity index (χ1n) is 10.9. The van der Waals surface area contributed by atoms with Crippen molar-refractivity contribution in [2.45, 2.75) is 51.6 Å². The highest BCUT2D eigenvalue weighted by molar-refractivity contribution is 7.20. The van der Waals surface area contributed by atoms with E-state index < -0.39 is 23.4 Å². The van der Waals surface area contributed by atoms with Gasteiger partial charge in [-0.15, -0.1) is 11.3 Å². The average molecular weight is 470 g/mol. The summed E-state index contributed by atoms with van der Waals surface area (Å²) in [6, 6.07) is 7.30. The zero-order valence-corrected chi connectivity index (χ0v) is 19.2. The summed E-state index contributed by atoms with van der Waals surface area (Å²) in [6.45, 7) is 4.41. The van der Waals surface area contributed by atoms with Crippen molar-refractivity contribution >= 4 is 39.4 Å². The first-order chi connectivity index (χ1) is 15.8. The van der Waals surface area contributed by atoms with E-state index in [0.29, 0.717) is 30.2 Å². The van der Waals surface area contributed by atoms with Gasteiger partial charge < -0.3 is 5.32 Å². The fourth-order valence-electron chi connectivity index (χ4n) is 4.57. The Morgan fingerprint density at radius 1 is 1.27 bits per heavy atom. The van der Waals surface area contributed by atoms with E-state index in [9.17, 15) is 18.8 Å². The van der Waals surface area contributed by atoms with Crippen LogP contribution in [-0.4, -0.2) is 38.2 Å². The standard InChI is InChI=1S/C23H24FN5O3S/c1-13-7-9-23(10-8-13)21(31)29(22(32)25-23)27-19(30)18-11-17-14(2)26-28(20(17)33-18)12-15-3-5-16(24)6-4-15/h3-6,11,13H,7-10,12H2,1-2H3,(H,25,32)(H,27,30). The first kappa shape index (κ1) is 21.6. The zero-order chi connectivity index (χ0) is 23.3. The Morgan fingerprint density at radius 2 is 1.97 bits per heavy atom. The molecule has 0 radical (unpaired) electrons. The number of hydrazine groups is 1. The van der Waals surface area contributed by atoms with E-state index in [-0.39, 0.29) is 5.82 Å². The van der Waals surface area contributed by atoms with Crippen LogP contribution in [0.5, 0.6) is 0 Å². The summed E-state index contributed by atoms with van der Waals surface area (Å²) < 4.78 is 15.0. The minimum atomic E-state index is -0.913. The number of nitrogens with one attached hydrogen (secondary N) is 2. The van der Waals surface area contributed by atoms with Crippen molar-refractivity contribution < 1.29 is 18.8 Å². The third-order valence-corrected chi connectivity index (χ3v) is 7.73. The number of halogens is 1. The molecule has 1 spiro atoms. The number of carbonyl (C=O) groups excluding carboxylic acids is 3. The molecule has 2 aliphatic rings. The lowest BCUT2D eigenvalue weighted by atomic mass is 9.77. The molecule has 1 aliphatic heterocycles. The number of nitrogens with zero attached hydrogens (tertiary/aromatic N) is 3. The smallest absolute Gasteiger partial charge is 0.322 e. The molecule has 2 fully saturated rings. The molecular weight excluding hydrogens is 445 g/mol. The molecule has 1 saturated heterocycles. The number of thiophene rings is 1. The SMILES string of the molecule is Cc1nn(Cc2ccc(F)cc2)c2sc(C(=O)NN3C(=O)NC4(CCC(C)CC4)C3=O)cc12. The number of rotatable bonds is 4. The van der Waals surface area contributed by atoms with Crippen LogP contribution in [0.25, 0.3) is 10.2 Å². The number of imide groups is 1. The maximum absolute atomic E-state index is 13.2. The number of hydrogen-bond donors (Lipinski definition) is 2. The van der Waals surface area contributed by atoms with Gasteiger partial charge in [0.1, 0.15) is 16.2 Å². The van der Waals surface area contributed by atoms with Crippen LogP contribution in [0.3, 0.4) is 0 Å². The summed E-state index contributed by atoms with van der Waals surface area (Å²) in [6.07, 6.45) is 2.86. The quantitative estimate of drug-likeness (QED) is 0.569. The van der Waals surface area contributed by atoms with Crippen molar-refractivity contribution in [1.82, 2.24) is 25.5 Å². The maximum atomic E-state index is 13.2. The van der Waals surface area contributed by atoms with Crippen LogP contribution in [0.4, 0.5) is 9.18 Å². The number of aryl methyl sites for hydroxylation is 1. The third kappa shape index (κ3) is 3.78. The second-order valence-electron chi connectivity index (χ2n) is 8.98. The van der Waals surface area contributed by atoms with Gasteiger partial charge in [0.15, 0.2) is 0 Å². The van der Waals surface area contributed by atoms with Gasteiger partial charge in [-0.25, -0.2) is 9.18 Å². The maximum Gasteiger partial charge on any atom is 0.344 e. The van der Waals surface area contributed by atoms with Crippen molar-refractivity contribution in [3.63, 3.8) is 0 Å². The fourth-order valence-corrected chi connectivity index (χ4v) is 5.62. The van der Waals surface area contributed by atoms with Gasteiger partial charge in [0.05, 0.1) is 17.1 Å². The largest absolute Gasteiger partial charge is 0.344 e. The highest BCUT2D eigenvalue weighted by Crippen LogP contribution is 2.36. The predicted molar refractivity (Wildman–Crippen MR) is 121 cm³/mol. The van der Waals surface area contributed by atoms with Gasteiger partial charge in [0.2, 0.25) is 0 Å². The summed E-state index contributed by atoms with van der Waals surface area (Å²) in [5.74, 6) is -0.706. The van der Waals surface area contributed by atoms with Crippen LogP contribution in [-0.2, 0) is 11.3 Å². The molecule has 10 heteroatoms. The second-order valence-corrected chi connectivity index (χ2v) is 10.0. The van der Waals surface area contributed by atoms with Gasteiger partial charge >= 0.3 is 6.03 Å². The molecule has 5 rings (SSSR count). The number of fused-ring (bicyclic) bond motifs is 1. The molecule has 2 aromatic heterocycles. The van der Waals surface area contributed by atoms with E-state index in [2.05, 4.69) is 22.8 Å². The highest BCUT2D eigenvalue weighted by atomic mass is 32.1. The Labute approximate surface area is 193 Å². The molecule has 1 saturated carbocycles. The number of carbonyl (C=O) groups is 3. The van der Waals surface area contributed by atoms with Crippen LogP contribution < -0.4 is 10.7 Å². The minimum Gasteiger partial charge on any atom is -0.322 e. The van der Waals surface area contributed by atoms with Gasteiger partial charge in [-0.05, 0) is 62.3 Å². The summed E-state index contributed by atoms with van der Waals surface area (Å²) in [7, 11) is 0. The third-order valence-electron chi connectivity index (χ3n) is 6.58. The van der Waals surface area contributed by atoms with E-state index in [1.807, 2.05) is 6.92 Å². The molecule has 2 N–H and O–H groups in total. The van der Waals surface area contributed by atoms with Crippen molar-refractivity contribution in [1.29, 1.82) is 0 Å². The second kappa shape index (κ2) is 7.95. The molecule has 0 bridgehead atoms. The predicted octanol–water partition coefficient (Wildman–Crippen LogP) is 3.74. The van der Waals surface area contributed by atoms with Gasteiger partial charge in [-0.1, -0.05) is 19.1 Å². The summed E-state index contributed by atoms with van der Waals surface area (Å²) in [5.41, 5.74) is 3.22. The van der Waals surface area contributed by atoms with Gasteiger partial charge in [0, 0.05) is 5.39 Å². The topological polar surface area (TPSA) is 96.3 Å². The molecular formula is C23H24FN5O3S. The summed E-state index contributed by atoms with van der Waals surface area (Å²) >= 11 is 1.23. The van der Waals surface area contributed by atoms with Crippen LogP contribution >= 0.6 is 11.3 Å². The van der Waals surface area contributed by atoms with Crippen molar-refractivity contribution in [3.8, 4) is 0 Å². The van der Waals surface area contributed by atoms with Gasteiger partial charge in [0.25, 0.3) is 11.8 Å². The van der Waals surface area contributed by atoms with Crippen molar-refractivity contribution in [3.05, 3.63) is 52.3 Å². The number of urea groups is 1. The Hall–Kier alpha value is -3.27. The molecule has 0 atom stereocenters. The molecule has 0 unspecified atom stereocenters. The minimum absolute atomic E-state index is 0.305. The van der Waals surface area contributed by atoms with Crippen LogP contribution in [0.2, 0.25) is 0 Å². The van der Waals surface area contributed by atoms with E-state index in [4.69, 9.17) is 0 Å². The number of amides is 4. The molecule has 1 aromatic carbocycles. The molecule has 1 aliphatic carbocycles. The lowest BCUT2D eigenvalue weighted by molar-refractivity contribution is -0.134. The van der Waals surface area contributed by atoms with E-state index in [1.54, 1.807) is 22.9 Å². The molecule has 172 valence electrons. The van der Waals surface area contributed by atoms with Crippen molar-refractivity contribution in [2.24, 2.45) is 5.92 Å². The van der Waals surface area contributed by atoms with E-state index in [0.717, 1.165) is 39.3 Å². The molecule has 4 amide bonds. The first-order valence-corrected chi connectivity index (χ1v) is 11.8. The van der Waals surface area contributed by atoms with Crippen LogP contribution in [0.15, 0.2) is 30.3 Å². The highest BCUT2D eigenvalue weighted by Gasteiger charge is 2.53. The van der Waals surface area contributed by atoms with E-state index in [1.165, 1.54) is 23.5 Å². The normalized spacial score (nSPS) is 22.9. The van der Waals surface area contributed by atoms with Gasteiger partial charge in [-0.2, -0.15) is 10.1 Å². The zero-order valence-electron chi connectivity index (χ0n) is 18.4. The molecule has 3 heterocycles.